The summed E-state index contributed by atoms with van der Waals surface area (Å²) < 4.78 is 74.9. The number of halogens is 4. The fourth-order valence-corrected chi connectivity index (χ4v) is 5.38. The first-order valence-corrected chi connectivity index (χ1v) is 14.0. The fraction of sp³-hybridized carbons (Fsp3) is 0.567. The van der Waals surface area contributed by atoms with Crippen LogP contribution in [0.2, 0.25) is 0 Å². The molecule has 0 radical (unpaired) electrons. The van der Waals surface area contributed by atoms with E-state index in [0.29, 0.717) is 37.9 Å². The summed E-state index contributed by atoms with van der Waals surface area (Å²) in [5, 5.41) is 2.48. The van der Waals surface area contributed by atoms with E-state index in [-0.39, 0.29) is 42.4 Å². The van der Waals surface area contributed by atoms with Gasteiger partial charge in [-0.2, -0.15) is 0 Å². The van der Waals surface area contributed by atoms with Crippen molar-refractivity contribution in [1.29, 1.82) is 0 Å². The molecule has 1 N–H and O–H groups in total. The molecule has 4 rings (SSSR count). The van der Waals surface area contributed by atoms with Gasteiger partial charge in [0.25, 0.3) is 5.92 Å². The van der Waals surface area contributed by atoms with E-state index < -0.39 is 47.3 Å². The van der Waals surface area contributed by atoms with E-state index in [1.54, 1.807) is 25.7 Å². The molecule has 1 saturated heterocycles. The third-order valence-electron chi connectivity index (χ3n) is 7.28. The molecule has 0 spiro atoms. The molecule has 0 unspecified atom stereocenters. The van der Waals surface area contributed by atoms with Crippen molar-refractivity contribution in [3.63, 3.8) is 0 Å². The normalized spacial score (nSPS) is 21.1. The maximum absolute atomic E-state index is 15.1. The number of hydrogen-bond acceptors (Lipinski definition) is 6. The van der Waals surface area contributed by atoms with E-state index in [9.17, 15) is 18.4 Å². The highest BCUT2D eigenvalue weighted by Gasteiger charge is 2.49. The van der Waals surface area contributed by atoms with Gasteiger partial charge in [-0.05, 0) is 64.7 Å². The molecule has 1 saturated carbocycles. The van der Waals surface area contributed by atoms with Crippen LogP contribution in [0.15, 0.2) is 30.5 Å². The number of likely N-dealkylation sites (tertiary alicyclic amines) is 1. The van der Waals surface area contributed by atoms with Gasteiger partial charge in [-0.25, -0.2) is 22.4 Å². The van der Waals surface area contributed by atoms with Crippen molar-refractivity contribution in [2.45, 2.75) is 89.1 Å². The van der Waals surface area contributed by atoms with E-state index in [1.807, 2.05) is 0 Å². The van der Waals surface area contributed by atoms with Crippen LogP contribution in [0.25, 0.3) is 11.3 Å². The molecule has 1 aliphatic carbocycles. The SMILES string of the molecule is COc1c(CC(=O)N[C@@H]2[C@@H](OC3CCN(C(=O)OC(C)(C)C)CC3)CCCC2(F)F)ccnc1-c1cc(F)cc(F)c1. The predicted molar refractivity (Wildman–Crippen MR) is 146 cm³/mol. The number of methoxy groups -OCH3 is 1. The Bertz CT molecular complexity index is 1260. The molecule has 1 aliphatic heterocycles. The van der Waals surface area contributed by atoms with Gasteiger partial charge < -0.3 is 24.4 Å². The number of hydrogen-bond donors (Lipinski definition) is 1. The Labute approximate surface area is 242 Å². The van der Waals surface area contributed by atoms with Crippen LogP contribution in [-0.4, -0.2) is 71.9 Å². The van der Waals surface area contributed by atoms with Crippen LogP contribution in [0, 0.1) is 11.6 Å². The summed E-state index contributed by atoms with van der Waals surface area (Å²) in [6.45, 7) is 6.10. The van der Waals surface area contributed by atoms with Gasteiger partial charge in [0.05, 0.1) is 25.7 Å². The first-order chi connectivity index (χ1) is 19.8. The van der Waals surface area contributed by atoms with Gasteiger partial charge >= 0.3 is 6.09 Å². The number of nitrogens with one attached hydrogen (secondary N) is 1. The molecule has 2 aromatic rings. The molecule has 2 atom stereocenters. The Hall–Kier alpha value is -3.41. The van der Waals surface area contributed by atoms with E-state index >= 15 is 8.78 Å². The van der Waals surface area contributed by atoms with Crippen LogP contribution in [0.3, 0.4) is 0 Å². The molecule has 1 aromatic carbocycles. The van der Waals surface area contributed by atoms with Crippen LogP contribution in [0.5, 0.6) is 5.75 Å². The standard InChI is InChI=1S/C30H37F4N3O5/c1-29(2,3)42-28(39)37-12-8-22(9-13-37)41-23-6-5-10-30(33,34)27(23)36-24(38)16-18-7-11-35-25(26(18)40-4)19-14-20(31)17-21(32)15-19/h7,11,14-15,17,22-23,27H,5-6,8-10,12-13,16H2,1-4H3,(H,36,38)/t23-,27+/m0/s1. The number of nitrogens with zero attached hydrogens (tertiary/aromatic N) is 2. The number of aromatic nitrogens is 1. The summed E-state index contributed by atoms with van der Waals surface area (Å²) >= 11 is 0. The minimum absolute atomic E-state index is 0.108. The van der Waals surface area contributed by atoms with Crippen molar-refractivity contribution in [1.82, 2.24) is 15.2 Å². The maximum atomic E-state index is 15.1. The number of rotatable bonds is 7. The smallest absolute Gasteiger partial charge is 0.410 e. The first-order valence-electron chi connectivity index (χ1n) is 14.0. The van der Waals surface area contributed by atoms with Crippen LogP contribution < -0.4 is 10.1 Å². The Morgan fingerprint density at radius 2 is 1.76 bits per heavy atom. The van der Waals surface area contributed by atoms with Crippen LogP contribution >= 0.6 is 0 Å². The molecule has 2 fully saturated rings. The molecule has 8 nitrogen and oxygen atoms in total. The quantitative estimate of drug-likeness (QED) is 0.415. The van der Waals surface area contributed by atoms with Gasteiger partial charge in [-0.1, -0.05) is 0 Å². The van der Waals surface area contributed by atoms with Gasteiger partial charge in [0, 0.05) is 42.9 Å². The summed E-state index contributed by atoms with van der Waals surface area (Å²) in [5.41, 5.74) is -0.0847. The lowest BCUT2D eigenvalue weighted by molar-refractivity contribution is -0.156. The van der Waals surface area contributed by atoms with Crippen molar-refractivity contribution >= 4 is 12.0 Å². The van der Waals surface area contributed by atoms with Crippen LogP contribution in [-0.2, 0) is 20.7 Å². The number of carbonyl (C=O) groups is 2. The lowest BCUT2D eigenvalue weighted by Crippen LogP contribution is -2.58. The number of piperidine rings is 1. The lowest BCUT2D eigenvalue weighted by Gasteiger charge is -2.41. The number of alkyl halides is 2. The summed E-state index contributed by atoms with van der Waals surface area (Å²) in [7, 11) is 1.32. The van der Waals surface area contributed by atoms with Gasteiger partial charge in [0.2, 0.25) is 5.91 Å². The van der Waals surface area contributed by atoms with Gasteiger partial charge in [-0.3, -0.25) is 9.78 Å². The zero-order valence-electron chi connectivity index (χ0n) is 24.2. The van der Waals surface area contributed by atoms with Crippen molar-refractivity contribution < 1.29 is 41.4 Å². The van der Waals surface area contributed by atoms with Gasteiger partial charge in [0.15, 0.2) is 0 Å². The lowest BCUT2D eigenvalue weighted by atomic mass is 9.88. The van der Waals surface area contributed by atoms with E-state index in [0.717, 1.165) is 18.2 Å². The minimum Gasteiger partial charge on any atom is -0.494 e. The van der Waals surface area contributed by atoms with Crippen LogP contribution in [0.1, 0.15) is 58.4 Å². The molecular formula is C30H37F4N3O5. The van der Waals surface area contributed by atoms with Gasteiger partial charge in [0.1, 0.15) is 34.7 Å². The topological polar surface area (TPSA) is 90.0 Å². The Kier molecular flexibility index (Phi) is 9.64. The third-order valence-corrected chi connectivity index (χ3v) is 7.28. The van der Waals surface area contributed by atoms with Crippen molar-refractivity contribution in [2.24, 2.45) is 0 Å². The van der Waals surface area contributed by atoms with Gasteiger partial charge in [-0.15, -0.1) is 0 Å². The second kappa shape index (κ2) is 12.8. The summed E-state index contributed by atoms with van der Waals surface area (Å²) in [5.74, 6) is -5.38. The highest BCUT2D eigenvalue weighted by molar-refractivity contribution is 5.81. The Morgan fingerprint density at radius 3 is 2.38 bits per heavy atom. The number of carbonyl (C=O) groups excluding carboxylic acids is 2. The molecule has 1 aromatic heterocycles. The molecule has 0 bridgehead atoms. The number of ether oxygens (including phenoxy) is 3. The number of benzene rings is 1. The molecular weight excluding hydrogens is 558 g/mol. The summed E-state index contributed by atoms with van der Waals surface area (Å²) in [6, 6.07) is 2.83. The summed E-state index contributed by atoms with van der Waals surface area (Å²) in [6.07, 6.45) is 0.456. The fourth-order valence-electron chi connectivity index (χ4n) is 5.38. The second-order valence-electron chi connectivity index (χ2n) is 11.7. The highest BCUT2D eigenvalue weighted by atomic mass is 19.3. The van der Waals surface area contributed by atoms with Crippen molar-refractivity contribution in [3.8, 4) is 17.0 Å². The molecule has 2 amide bonds. The zero-order chi connectivity index (χ0) is 30.7. The molecule has 12 heteroatoms. The van der Waals surface area contributed by atoms with Crippen LogP contribution in [0.4, 0.5) is 22.4 Å². The molecule has 2 heterocycles. The Balaban J connectivity index is 1.43. The number of pyridine rings is 1. The largest absolute Gasteiger partial charge is 0.494 e. The average molecular weight is 596 g/mol. The second-order valence-corrected chi connectivity index (χ2v) is 11.7. The minimum atomic E-state index is -3.19. The van der Waals surface area contributed by atoms with E-state index in [4.69, 9.17) is 14.2 Å². The summed E-state index contributed by atoms with van der Waals surface area (Å²) in [4.78, 5) is 31.2. The molecule has 42 heavy (non-hydrogen) atoms. The van der Waals surface area contributed by atoms with Crippen molar-refractivity contribution in [2.75, 3.05) is 20.2 Å². The van der Waals surface area contributed by atoms with Crippen molar-refractivity contribution in [3.05, 3.63) is 47.7 Å². The molecule has 2 aliphatic rings. The zero-order valence-corrected chi connectivity index (χ0v) is 24.2. The average Bonchev–Trinajstić information content (AvgIpc) is 2.89. The highest BCUT2D eigenvalue weighted by Crippen LogP contribution is 2.37. The van der Waals surface area contributed by atoms with E-state index in [1.165, 1.54) is 19.4 Å². The monoisotopic (exact) mass is 595 g/mol. The maximum Gasteiger partial charge on any atom is 0.410 e. The molecule has 230 valence electrons. The van der Waals surface area contributed by atoms with E-state index in [2.05, 4.69) is 10.3 Å². The Morgan fingerprint density at radius 1 is 1.10 bits per heavy atom. The third kappa shape index (κ3) is 7.90. The first kappa shape index (κ1) is 31.5. The predicted octanol–water partition coefficient (Wildman–Crippen LogP) is 5.67. The number of amides is 2.